The quantitative estimate of drug-likeness (QED) is 0.898. The molecule has 2 aromatic heterocycles. The Balaban J connectivity index is 2.25. The standard InChI is InChI=1S/C18H19N3O3/c1-10(2)24-17-16-13(7-9-20-17)21-11(3)14(18(22)23)15(16)12-6-4-5-8-19-12/h4-10,15,21H,1-3H3,(H,22,23). The summed E-state index contributed by atoms with van der Waals surface area (Å²) >= 11 is 0. The van der Waals surface area contributed by atoms with Crippen molar-refractivity contribution in [2.75, 3.05) is 5.32 Å². The lowest BCUT2D eigenvalue weighted by molar-refractivity contribution is -0.133. The zero-order chi connectivity index (χ0) is 17.3. The Morgan fingerprint density at radius 1 is 1.25 bits per heavy atom. The largest absolute Gasteiger partial charge is 0.478 e. The molecule has 0 amide bonds. The van der Waals surface area contributed by atoms with Gasteiger partial charge in [0.25, 0.3) is 0 Å². The van der Waals surface area contributed by atoms with E-state index in [0.29, 0.717) is 22.8 Å². The molecule has 1 atom stereocenters. The number of rotatable bonds is 4. The van der Waals surface area contributed by atoms with E-state index in [1.165, 1.54) is 0 Å². The maximum absolute atomic E-state index is 11.9. The number of anilines is 1. The third-order valence-electron chi connectivity index (χ3n) is 3.82. The van der Waals surface area contributed by atoms with Gasteiger partial charge in [-0.3, -0.25) is 4.98 Å². The van der Waals surface area contributed by atoms with Gasteiger partial charge in [-0.2, -0.15) is 0 Å². The molecule has 0 spiro atoms. The molecule has 0 saturated heterocycles. The summed E-state index contributed by atoms with van der Waals surface area (Å²) in [5.74, 6) is -1.10. The fourth-order valence-corrected chi connectivity index (χ4v) is 2.92. The van der Waals surface area contributed by atoms with E-state index in [1.54, 1.807) is 25.4 Å². The van der Waals surface area contributed by atoms with E-state index in [9.17, 15) is 9.90 Å². The maximum Gasteiger partial charge on any atom is 0.334 e. The molecule has 6 heteroatoms. The summed E-state index contributed by atoms with van der Waals surface area (Å²) in [5.41, 5.74) is 2.99. The van der Waals surface area contributed by atoms with Crippen molar-refractivity contribution in [2.45, 2.75) is 32.8 Å². The molecule has 24 heavy (non-hydrogen) atoms. The van der Waals surface area contributed by atoms with Gasteiger partial charge < -0.3 is 15.2 Å². The van der Waals surface area contributed by atoms with Crippen molar-refractivity contribution < 1.29 is 14.6 Å². The monoisotopic (exact) mass is 325 g/mol. The lowest BCUT2D eigenvalue weighted by atomic mass is 9.83. The molecule has 1 aliphatic rings. The topological polar surface area (TPSA) is 84.3 Å². The van der Waals surface area contributed by atoms with Crippen LogP contribution in [0.3, 0.4) is 0 Å². The average molecular weight is 325 g/mol. The Kier molecular flexibility index (Phi) is 4.20. The van der Waals surface area contributed by atoms with Crippen molar-refractivity contribution in [1.82, 2.24) is 9.97 Å². The molecule has 1 aliphatic heterocycles. The van der Waals surface area contributed by atoms with Crippen LogP contribution >= 0.6 is 0 Å². The second-order valence-corrected chi connectivity index (χ2v) is 5.90. The molecular weight excluding hydrogens is 306 g/mol. The lowest BCUT2D eigenvalue weighted by Gasteiger charge is -2.30. The number of carboxylic acids is 1. The van der Waals surface area contributed by atoms with Crippen molar-refractivity contribution >= 4 is 11.7 Å². The van der Waals surface area contributed by atoms with Crippen LogP contribution in [0.5, 0.6) is 5.88 Å². The number of aliphatic carboxylic acids is 1. The number of hydrogen-bond acceptors (Lipinski definition) is 5. The third kappa shape index (κ3) is 2.82. The number of nitrogens with zero attached hydrogens (tertiary/aromatic N) is 2. The van der Waals surface area contributed by atoms with Crippen LogP contribution in [-0.4, -0.2) is 27.1 Å². The minimum Gasteiger partial charge on any atom is -0.478 e. The summed E-state index contributed by atoms with van der Waals surface area (Å²) in [6, 6.07) is 7.29. The zero-order valence-electron chi connectivity index (χ0n) is 13.8. The van der Waals surface area contributed by atoms with Crippen molar-refractivity contribution in [3.8, 4) is 5.88 Å². The molecule has 2 N–H and O–H groups in total. The molecule has 124 valence electrons. The van der Waals surface area contributed by atoms with Crippen LogP contribution in [0.25, 0.3) is 0 Å². The van der Waals surface area contributed by atoms with Crippen LogP contribution in [0.2, 0.25) is 0 Å². The Hall–Kier alpha value is -2.89. The summed E-state index contributed by atoms with van der Waals surface area (Å²) in [6.07, 6.45) is 3.23. The number of fused-ring (bicyclic) bond motifs is 1. The van der Waals surface area contributed by atoms with E-state index >= 15 is 0 Å². The Morgan fingerprint density at radius 3 is 2.67 bits per heavy atom. The molecule has 0 fully saturated rings. The fraction of sp³-hybridized carbons (Fsp3) is 0.278. The molecule has 3 rings (SSSR count). The number of pyridine rings is 2. The predicted molar refractivity (Wildman–Crippen MR) is 90.0 cm³/mol. The average Bonchev–Trinajstić information content (AvgIpc) is 2.53. The van der Waals surface area contributed by atoms with Gasteiger partial charge in [0, 0.05) is 23.8 Å². The second kappa shape index (κ2) is 6.31. The van der Waals surface area contributed by atoms with Crippen molar-refractivity contribution in [3.63, 3.8) is 0 Å². The number of carboxylic acid groups (broad SMARTS) is 1. The van der Waals surface area contributed by atoms with Crippen molar-refractivity contribution in [3.05, 3.63) is 59.2 Å². The molecule has 0 aliphatic carbocycles. The molecule has 0 aromatic carbocycles. The summed E-state index contributed by atoms with van der Waals surface area (Å²) in [6.45, 7) is 5.57. The normalized spacial score (nSPS) is 16.6. The van der Waals surface area contributed by atoms with Crippen LogP contribution < -0.4 is 10.1 Å². The van der Waals surface area contributed by atoms with Gasteiger partial charge in [-0.25, -0.2) is 9.78 Å². The Bertz CT molecular complexity index is 800. The zero-order valence-corrected chi connectivity index (χ0v) is 13.8. The first-order chi connectivity index (χ1) is 11.5. The molecule has 0 saturated carbocycles. The van der Waals surface area contributed by atoms with E-state index in [0.717, 1.165) is 5.69 Å². The van der Waals surface area contributed by atoms with E-state index < -0.39 is 11.9 Å². The van der Waals surface area contributed by atoms with Crippen LogP contribution in [0, 0.1) is 0 Å². The van der Waals surface area contributed by atoms with E-state index in [-0.39, 0.29) is 11.7 Å². The second-order valence-electron chi connectivity index (χ2n) is 5.90. The molecule has 0 radical (unpaired) electrons. The highest BCUT2D eigenvalue weighted by Crippen LogP contribution is 2.44. The van der Waals surface area contributed by atoms with Gasteiger partial charge in [0.1, 0.15) is 0 Å². The molecule has 0 bridgehead atoms. The Morgan fingerprint density at radius 2 is 2.04 bits per heavy atom. The highest BCUT2D eigenvalue weighted by molar-refractivity contribution is 5.93. The number of nitrogens with one attached hydrogen (secondary N) is 1. The van der Waals surface area contributed by atoms with Gasteiger partial charge in [0.15, 0.2) is 0 Å². The molecule has 1 unspecified atom stereocenters. The van der Waals surface area contributed by atoms with E-state index in [4.69, 9.17) is 4.74 Å². The number of ether oxygens (including phenoxy) is 1. The van der Waals surface area contributed by atoms with Crippen LogP contribution in [0.1, 0.15) is 37.9 Å². The maximum atomic E-state index is 11.9. The van der Waals surface area contributed by atoms with Gasteiger partial charge >= 0.3 is 5.97 Å². The minimum absolute atomic E-state index is 0.0753. The van der Waals surface area contributed by atoms with E-state index in [1.807, 2.05) is 32.0 Å². The van der Waals surface area contributed by atoms with Gasteiger partial charge in [-0.15, -0.1) is 0 Å². The van der Waals surface area contributed by atoms with Gasteiger partial charge in [-0.1, -0.05) is 6.07 Å². The molecule has 2 aromatic rings. The summed E-state index contributed by atoms with van der Waals surface area (Å²) < 4.78 is 5.83. The van der Waals surface area contributed by atoms with E-state index in [2.05, 4.69) is 15.3 Å². The lowest BCUT2D eigenvalue weighted by Crippen LogP contribution is -2.25. The van der Waals surface area contributed by atoms with Crippen molar-refractivity contribution in [1.29, 1.82) is 0 Å². The smallest absolute Gasteiger partial charge is 0.334 e. The predicted octanol–water partition coefficient (Wildman–Crippen LogP) is 3.18. The van der Waals surface area contributed by atoms with Crippen LogP contribution in [0.15, 0.2) is 47.9 Å². The van der Waals surface area contributed by atoms with Crippen molar-refractivity contribution in [2.24, 2.45) is 0 Å². The number of carbonyl (C=O) groups is 1. The first-order valence-electron chi connectivity index (χ1n) is 7.76. The summed E-state index contributed by atoms with van der Waals surface area (Å²) in [4.78, 5) is 20.6. The molecule has 6 nitrogen and oxygen atoms in total. The highest BCUT2D eigenvalue weighted by Gasteiger charge is 2.36. The van der Waals surface area contributed by atoms with Crippen LogP contribution in [-0.2, 0) is 4.79 Å². The summed E-state index contributed by atoms with van der Waals surface area (Å²) in [7, 11) is 0. The number of allylic oxidation sites excluding steroid dienone is 1. The van der Waals surface area contributed by atoms with Gasteiger partial charge in [0.05, 0.1) is 28.9 Å². The fourth-order valence-electron chi connectivity index (χ4n) is 2.92. The number of aromatic nitrogens is 2. The van der Waals surface area contributed by atoms with Gasteiger partial charge in [-0.05, 0) is 39.0 Å². The highest BCUT2D eigenvalue weighted by atomic mass is 16.5. The molecular formula is C18H19N3O3. The molecule has 3 heterocycles. The SMILES string of the molecule is CC1=C(C(=O)O)C(c2ccccn2)c2c(ccnc2OC(C)C)N1. The van der Waals surface area contributed by atoms with Gasteiger partial charge in [0.2, 0.25) is 5.88 Å². The first-order valence-corrected chi connectivity index (χ1v) is 7.76. The number of hydrogen-bond donors (Lipinski definition) is 2. The van der Waals surface area contributed by atoms with Crippen LogP contribution in [0.4, 0.5) is 5.69 Å². The first kappa shape index (κ1) is 16.0. The Labute approximate surface area is 140 Å². The summed E-state index contributed by atoms with van der Waals surface area (Å²) in [5, 5.41) is 12.9. The minimum atomic E-state index is -0.986. The third-order valence-corrected chi connectivity index (χ3v) is 3.82.